The van der Waals surface area contributed by atoms with E-state index < -0.39 is 54.1 Å². The van der Waals surface area contributed by atoms with Gasteiger partial charge in [-0.3, -0.25) is 4.52 Å². The molecule has 30 heavy (non-hydrogen) atoms. The van der Waals surface area contributed by atoms with Gasteiger partial charge in [0.05, 0.1) is 6.61 Å². The lowest BCUT2D eigenvalue weighted by Crippen LogP contribution is -2.45. The maximum atomic E-state index is 11.9. The standard InChI is InChI=1S/C12H21N2O13P3/c1-7-4-5-14(8(2)13-7)11-9(15)10(16)12(3,25-11)6-24-29(20,21)27-30(22,23)26-28(17,18)19/h4-5,9-11,13,15-16H,1-2,6H2,3H3,(H,20,21)(H,22,23)(H2,17,18,19)/t9?,10-,11-,12-/m1/s1. The molecule has 0 aliphatic carbocycles. The maximum absolute atomic E-state index is 11.9. The van der Waals surface area contributed by atoms with E-state index in [9.17, 15) is 28.8 Å². The Kier molecular flexibility index (Phi) is 7.24. The highest BCUT2D eigenvalue weighted by molar-refractivity contribution is 7.66. The lowest BCUT2D eigenvalue weighted by Gasteiger charge is -2.34. The first kappa shape index (κ1) is 25.4. The molecule has 1 fully saturated rings. The van der Waals surface area contributed by atoms with E-state index in [1.54, 1.807) is 0 Å². The summed E-state index contributed by atoms with van der Waals surface area (Å²) in [6.07, 6.45) is -1.44. The minimum absolute atomic E-state index is 0.246. The van der Waals surface area contributed by atoms with Gasteiger partial charge in [-0.25, -0.2) is 13.7 Å². The second kappa shape index (κ2) is 8.57. The van der Waals surface area contributed by atoms with Crippen LogP contribution in [-0.4, -0.2) is 65.3 Å². The molecule has 3 unspecified atom stereocenters. The first-order valence-electron chi connectivity index (χ1n) is 7.88. The van der Waals surface area contributed by atoms with Crippen LogP contribution in [0.2, 0.25) is 0 Å². The van der Waals surface area contributed by atoms with E-state index >= 15 is 0 Å². The highest BCUT2D eigenvalue weighted by atomic mass is 31.3. The zero-order valence-corrected chi connectivity index (χ0v) is 18.0. The fourth-order valence-electron chi connectivity index (χ4n) is 2.58. The Balaban J connectivity index is 2.08. The van der Waals surface area contributed by atoms with E-state index in [-0.39, 0.29) is 5.82 Å². The Morgan fingerprint density at radius 1 is 1.17 bits per heavy atom. The molecule has 0 aromatic rings. The second-order valence-corrected chi connectivity index (χ2v) is 10.9. The fourth-order valence-corrected chi connectivity index (χ4v) is 5.69. The van der Waals surface area contributed by atoms with Crippen LogP contribution in [0.5, 0.6) is 0 Å². The molecular weight excluding hydrogens is 473 g/mol. The van der Waals surface area contributed by atoms with Crippen LogP contribution >= 0.6 is 23.5 Å². The van der Waals surface area contributed by atoms with Crippen molar-refractivity contribution >= 4 is 23.5 Å². The SMILES string of the molecule is C=C1C=CN([C@@H]2O[C@](C)(COP(=O)(O)OP(=O)(O)OP(=O)(O)O)[C@H](O)C2O)C(=C)N1. The molecule has 2 aliphatic heterocycles. The van der Waals surface area contributed by atoms with Crippen LogP contribution in [0.15, 0.2) is 37.0 Å². The number of aliphatic hydroxyl groups is 2. The molecule has 6 atom stereocenters. The number of ether oxygens (including phenoxy) is 1. The van der Waals surface area contributed by atoms with E-state index in [0.717, 1.165) is 0 Å². The molecule has 172 valence electrons. The third-order valence-electron chi connectivity index (χ3n) is 3.89. The molecule has 2 rings (SSSR count). The quantitative estimate of drug-likeness (QED) is 0.213. The average Bonchev–Trinajstić information content (AvgIpc) is 2.75. The van der Waals surface area contributed by atoms with Gasteiger partial charge in [0, 0.05) is 11.9 Å². The number of hydrogen-bond donors (Lipinski definition) is 7. The summed E-state index contributed by atoms with van der Waals surface area (Å²) in [5.74, 6) is 0.246. The Hall–Kier alpha value is -0.890. The Labute approximate surface area is 170 Å². The lowest BCUT2D eigenvalue weighted by molar-refractivity contribution is -0.123. The number of phosphoric ester groups is 1. The van der Waals surface area contributed by atoms with E-state index in [1.165, 1.54) is 24.1 Å². The summed E-state index contributed by atoms with van der Waals surface area (Å²) >= 11 is 0. The van der Waals surface area contributed by atoms with Crippen molar-refractivity contribution < 1.29 is 61.4 Å². The molecule has 0 spiro atoms. The van der Waals surface area contributed by atoms with Crippen LogP contribution in [0.1, 0.15) is 6.92 Å². The van der Waals surface area contributed by atoms with Crippen LogP contribution in [0, 0.1) is 0 Å². The van der Waals surface area contributed by atoms with Gasteiger partial charge in [-0.05, 0) is 13.0 Å². The van der Waals surface area contributed by atoms with Crippen molar-refractivity contribution in [3.8, 4) is 0 Å². The average molecular weight is 494 g/mol. The summed E-state index contributed by atoms with van der Waals surface area (Å²) in [7, 11) is -16.7. The summed E-state index contributed by atoms with van der Waals surface area (Å²) in [5, 5.41) is 23.4. The van der Waals surface area contributed by atoms with Gasteiger partial charge >= 0.3 is 23.5 Å². The molecule has 0 amide bonds. The van der Waals surface area contributed by atoms with Gasteiger partial charge in [-0.1, -0.05) is 13.2 Å². The second-order valence-electron chi connectivity index (χ2n) is 6.44. The zero-order chi connectivity index (χ0) is 23.1. The van der Waals surface area contributed by atoms with E-state index in [2.05, 4.69) is 31.6 Å². The Bertz CT molecular complexity index is 887. The third kappa shape index (κ3) is 6.31. The van der Waals surface area contributed by atoms with Crippen molar-refractivity contribution in [3.63, 3.8) is 0 Å². The van der Waals surface area contributed by atoms with E-state index in [1.807, 2.05) is 0 Å². The number of phosphoric acid groups is 3. The van der Waals surface area contributed by atoms with Crippen molar-refractivity contribution in [3.05, 3.63) is 37.0 Å². The van der Waals surface area contributed by atoms with E-state index in [0.29, 0.717) is 5.70 Å². The minimum atomic E-state index is -5.69. The van der Waals surface area contributed by atoms with Crippen LogP contribution in [0.3, 0.4) is 0 Å². The van der Waals surface area contributed by atoms with Crippen molar-refractivity contribution in [2.24, 2.45) is 0 Å². The van der Waals surface area contributed by atoms with Crippen LogP contribution in [0.4, 0.5) is 0 Å². The van der Waals surface area contributed by atoms with Crippen LogP contribution in [0.25, 0.3) is 0 Å². The van der Waals surface area contributed by atoms with Gasteiger partial charge < -0.3 is 44.7 Å². The van der Waals surface area contributed by atoms with Crippen molar-refractivity contribution in [2.75, 3.05) is 6.61 Å². The van der Waals surface area contributed by atoms with Crippen LogP contribution in [-0.2, 0) is 31.6 Å². The highest BCUT2D eigenvalue weighted by Gasteiger charge is 2.55. The predicted octanol–water partition coefficient (Wildman–Crippen LogP) is -0.430. The number of nitrogens with one attached hydrogen (secondary N) is 1. The molecule has 0 aromatic carbocycles. The van der Waals surface area contributed by atoms with Gasteiger partial charge in [0.25, 0.3) is 0 Å². The summed E-state index contributed by atoms with van der Waals surface area (Å²) < 4.78 is 51.1. The first-order chi connectivity index (χ1) is 13.4. The van der Waals surface area contributed by atoms with Gasteiger partial charge in [-0.2, -0.15) is 8.62 Å². The minimum Gasteiger partial charge on any atom is -0.387 e. The van der Waals surface area contributed by atoms with Gasteiger partial charge in [-0.15, -0.1) is 0 Å². The third-order valence-corrected chi connectivity index (χ3v) is 7.67. The van der Waals surface area contributed by atoms with Crippen LogP contribution < -0.4 is 5.32 Å². The molecule has 2 heterocycles. The van der Waals surface area contributed by atoms with Crippen molar-refractivity contribution in [2.45, 2.75) is 31.0 Å². The number of nitrogens with zero attached hydrogens (tertiary/aromatic N) is 1. The van der Waals surface area contributed by atoms with E-state index in [4.69, 9.17) is 19.4 Å². The van der Waals surface area contributed by atoms with Gasteiger partial charge in [0.1, 0.15) is 23.6 Å². The molecule has 0 saturated carbocycles. The number of aliphatic hydroxyl groups excluding tert-OH is 2. The number of allylic oxidation sites excluding steroid dienone is 1. The summed E-state index contributed by atoms with van der Waals surface area (Å²) in [6.45, 7) is 7.63. The summed E-state index contributed by atoms with van der Waals surface area (Å²) in [5.41, 5.74) is -1.32. The number of hydrogen-bond acceptors (Lipinski definition) is 11. The highest BCUT2D eigenvalue weighted by Crippen LogP contribution is 2.66. The molecule has 0 radical (unpaired) electrons. The van der Waals surface area contributed by atoms with Crippen molar-refractivity contribution in [1.29, 1.82) is 0 Å². The largest absolute Gasteiger partial charge is 0.490 e. The lowest BCUT2D eigenvalue weighted by atomic mass is 9.98. The molecule has 18 heteroatoms. The first-order valence-corrected chi connectivity index (χ1v) is 12.4. The molecule has 2 aliphatic rings. The number of rotatable bonds is 8. The zero-order valence-electron chi connectivity index (χ0n) is 15.3. The maximum Gasteiger partial charge on any atom is 0.490 e. The molecule has 7 N–H and O–H groups in total. The smallest absolute Gasteiger partial charge is 0.387 e. The Morgan fingerprint density at radius 3 is 2.30 bits per heavy atom. The predicted molar refractivity (Wildman–Crippen MR) is 97.5 cm³/mol. The molecular formula is C12H21N2O13P3. The summed E-state index contributed by atoms with van der Waals surface area (Å²) in [6, 6.07) is 0. The summed E-state index contributed by atoms with van der Waals surface area (Å²) in [4.78, 5) is 37.0. The monoisotopic (exact) mass is 494 g/mol. The molecule has 0 bridgehead atoms. The fraction of sp³-hybridized carbons (Fsp3) is 0.500. The topological polar surface area (TPSA) is 225 Å². The van der Waals surface area contributed by atoms with Gasteiger partial charge in [0.15, 0.2) is 6.23 Å². The molecule has 0 aromatic heterocycles. The van der Waals surface area contributed by atoms with Gasteiger partial charge in [0.2, 0.25) is 0 Å². The molecule has 15 nitrogen and oxygen atoms in total. The normalized spacial score (nSPS) is 33.8. The van der Waals surface area contributed by atoms with Crippen molar-refractivity contribution in [1.82, 2.24) is 10.2 Å². The molecule has 1 saturated heterocycles. The Morgan fingerprint density at radius 2 is 1.77 bits per heavy atom.